The Morgan fingerprint density at radius 3 is 2.02 bits per heavy atom. The fourth-order valence-corrected chi connectivity index (χ4v) is 6.90. The second-order valence-electron chi connectivity index (χ2n) is 14.1. The molecular formula is C29H46Cl2N4O6. The highest BCUT2D eigenvalue weighted by Gasteiger charge is 2.56. The Hall–Kier alpha value is -2.07. The van der Waals surface area contributed by atoms with Crippen molar-refractivity contribution in [1.82, 2.24) is 15.5 Å². The second kappa shape index (κ2) is 12.7. The van der Waals surface area contributed by atoms with Crippen LogP contribution in [-0.4, -0.2) is 69.6 Å². The standard InChI is InChI=1S/C29H46Cl2N4O6/c1-27(2,3)21(34-26(40)41-28(4,5)6)24(39)35-15-17(29(25(30)31)11-8-12-29)14-19(35)23(38)33-18(20(36)22(32)37)13-16-9-7-10-16/h16-19,21,25H,7-15H2,1-6H3,(H2,32,37)(H,33,38)(H,34,40)/t17-,18?,19-,21+/m0/s1. The Labute approximate surface area is 253 Å². The molecular weight excluding hydrogens is 571 g/mol. The first-order valence-corrected chi connectivity index (χ1v) is 15.4. The van der Waals surface area contributed by atoms with Crippen LogP contribution in [0, 0.1) is 22.7 Å². The molecule has 4 amide bonds. The molecule has 4 atom stereocenters. The highest BCUT2D eigenvalue weighted by molar-refractivity contribution is 6.44. The average Bonchev–Trinajstić information content (AvgIpc) is 3.20. The monoisotopic (exact) mass is 616 g/mol. The second-order valence-corrected chi connectivity index (χ2v) is 15.2. The summed E-state index contributed by atoms with van der Waals surface area (Å²) < 4.78 is 5.42. The van der Waals surface area contributed by atoms with Gasteiger partial charge in [-0.15, -0.1) is 23.2 Å². The molecule has 3 rings (SSSR count). The van der Waals surface area contributed by atoms with Crippen LogP contribution in [0.1, 0.15) is 92.9 Å². The molecule has 41 heavy (non-hydrogen) atoms. The van der Waals surface area contributed by atoms with Crippen LogP contribution in [0.3, 0.4) is 0 Å². The van der Waals surface area contributed by atoms with Crippen molar-refractivity contribution in [3.8, 4) is 0 Å². The van der Waals surface area contributed by atoms with Crippen LogP contribution in [-0.2, 0) is 23.9 Å². The summed E-state index contributed by atoms with van der Waals surface area (Å²) in [5.74, 6) is -2.91. The number of nitrogens with zero attached hydrogens (tertiary/aromatic N) is 1. The van der Waals surface area contributed by atoms with Gasteiger partial charge in [-0.05, 0) is 63.7 Å². The number of ketones is 1. The Morgan fingerprint density at radius 1 is 1.00 bits per heavy atom. The number of alkyl halides is 2. The van der Waals surface area contributed by atoms with E-state index in [4.69, 9.17) is 33.7 Å². The molecule has 4 N–H and O–H groups in total. The number of ether oxygens (including phenoxy) is 1. The van der Waals surface area contributed by atoms with E-state index < -0.39 is 69.0 Å². The molecule has 2 saturated carbocycles. The van der Waals surface area contributed by atoms with Crippen molar-refractivity contribution in [3.05, 3.63) is 0 Å². The van der Waals surface area contributed by atoms with Crippen molar-refractivity contribution in [3.63, 3.8) is 0 Å². The molecule has 12 heteroatoms. The fourth-order valence-electron chi connectivity index (χ4n) is 6.11. The summed E-state index contributed by atoms with van der Waals surface area (Å²) in [5, 5.41) is 5.47. The van der Waals surface area contributed by atoms with Crippen molar-refractivity contribution in [2.24, 2.45) is 28.4 Å². The number of primary amides is 1. The summed E-state index contributed by atoms with van der Waals surface area (Å²) in [6.45, 7) is 10.8. The highest BCUT2D eigenvalue weighted by atomic mass is 35.5. The van der Waals surface area contributed by atoms with E-state index in [-0.39, 0.29) is 24.8 Å². The van der Waals surface area contributed by atoms with Crippen LogP contribution in [0.25, 0.3) is 0 Å². The van der Waals surface area contributed by atoms with E-state index in [1.807, 2.05) is 20.8 Å². The lowest BCUT2D eigenvalue weighted by atomic mass is 9.61. The fraction of sp³-hybridized carbons (Fsp3) is 0.828. The molecule has 0 aromatic carbocycles. The number of rotatable bonds is 10. The van der Waals surface area contributed by atoms with Gasteiger partial charge in [-0.25, -0.2) is 4.79 Å². The van der Waals surface area contributed by atoms with Gasteiger partial charge in [0.2, 0.25) is 17.6 Å². The van der Waals surface area contributed by atoms with Crippen LogP contribution in [0.2, 0.25) is 0 Å². The molecule has 10 nitrogen and oxygen atoms in total. The van der Waals surface area contributed by atoms with E-state index in [1.165, 1.54) is 4.90 Å². The minimum absolute atomic E-state index is 0.171. The Morgan fingerprint density at radius 2 is 1.61 bits per heavy atom. The topological polar surface area (TPSA) is 148 Å². The largest absolute Gasteiger partial charge is 0.444 e. The van der Waals surface area contributed by atoms with Gasteiger partial charge in [0.1, 0.15) is 22.5 Å². The SMILES string of the molecule is CC(C)(C)OC(=O)N[C@H](C(=O)N1C[C@@H](C2(C(Cl)Cl)CCC2)C[C@H]1C(=O)NC(CC1CCC1)C(=O)C(N)=O)C(C)(C)C. The molecule has 1 unspecified atom stereocenters. The first-order valence-electron chi connectivity index (χ1n) is 14.6. The Kier molecular flexibility index (Phi) is 10.3. The van der Waals surface area contributed by atoms with Gasteiger partial charge in [0.15, 0.2) is 0 Å². The predicted octanol–water partition coefficient (Wildman–Crippen LogP) is 3.85. The quantitative estimate of drug-likeness (QED) is 0.251. The maximum atomic E-state index is 14.2. The number of nitrogens with one attached hydrogen (secondary N) is 2. The third-order valence-corrected chi connectivity index (χ3v) is 9.73. The number of carbonyl (C=O) groups excluding carboxylic acids is 5. The summed E-state index contributed by atoms with van der Waals surface area (Å²) in [4.78, 5) is 66.0. The molecule has 0 bridgehead atoms. The molecule has 3 aliphatic rings. The van der Waals surface area contributed by atoms with Crippen LogP contribution in [0.15, 0.2) is 0 Å². The molecule has 232 valence electrons. The number of halogens is 2. The zero-order valence-corrected chi connectivity index (χ0v) is 26.6. The van der Waals surface area contributed by atoms with Gasteiger partial charge in [0, 0.05) is 12.0 Å². The minimum Gasteiger partial charge on any atom is -0.444 e. The van der Waals surface area contributed by atoms with Gasteiger partial charge >= 0.3 is 6.09 Å². The number of carbonyl (C=O) groups is 5. The summed E-state index contributed by atoms with van der Waals surface area (Å²) in [6, 6.07) is -3.03. The third kappa shape index (κ3) is 7.86. The van der Waals surface area contributed by atoms with E-state index in [1.54, 1.807) is 20.8 Å². The van der Waals surface area contributed by atoms with E-state index in [2.05, 4.69) is 10.6 Å². The average molecular weight is 618 g/mol. The van der Waals surface area contributed by atoms with Gasteiger partial charge in [-0.1, -0.05) is 46.5 Å². The lowest BCUT2D eigenvalue weighted by molar-refractivity contribution is -0.143. The van der Waals surface area contributed by atoms with Crippen molar-refractivity contribution in [2.75, 3.05) is 6.54 Å². The van der Waals surface area contributed by atoms with Crippen molar-refractivity contribution in [2.45, 2.75) is 121 Å². The Bertz CT molecular complexity index is 1030. The maximum Gasteiger partial charge on any atom is 0.408 e. The van der Waals surface area contributed by atoms with Gasteiger partial charge in [0.25, 0.3) is 5.91 Å². The highest BCUT2D eigenvalue weighted by Crippen LogP contribution is 2.56. The number of likely N-dealkylation sites (tertiary alicyclic amines) is 1. The zero-order valence-electron chi connectivity index (χ0n) is 25.1. The molecule has 0 aromatic heterocycles. The first kappa shape index (κ1) is 33.4. The van der Waals surface area contributed by atoms with E-state index in [0.717, 1.165) is 38.5 Å². The van der Waals surface area contributed by atoms with Gasteiger partial charge < -0.3 is 26.0 Å². The van der Waals surface area contributed by atoms with Crippen LogP contribution in [0.4, 0.5) is 4.79 Å². The number of nitrogens with two attached hydrogens (primary N) is 1. The van der Waals surface area contributed by atoms with Crippen molar-refractivity contribution < 1.29 is 28.7 Å². The molecule has 1 aliphatic heterocycles. The van der Waals surface area contributed by atoms with Crippen LogP contribution < -0.4 is 16.4 Å². The molecule has 2 aliphatic carbocycles. The molecule has 1 saturated heterocycles. The third-order valence-electron chi connectivity index (χ3n) is 8.86. The first-order chi connectivity index (χ1) is 18.9. The van der Waals surface area contributed by atoms with Gasteiger partial charge in [-0.3, -0.25) is 19.2 Å². The summed E-state index contributed by atoms with van der Waals surface area (Å²) in [7, 11) is 0. The number of amides is 4. The van der Waals surface area contributed by atoms with Crippen molar-refractivity contribution >= 4 is 52.8 Å². The van der Waals surface area contributed by atoms with E-state index >= 15 is 0 Å². The molecule has 0 spiro atoms. The predicted molar refractivity (Wildman–Crippen MR) is 156 cm³/mol. The number of alkyl carbamates (subject to hydrolysis) is 1. The van der Waals surface area contributed by atoms with Gasteiger partial charge in [-0.2, -0.15) is 0 Å². The normalized spacial score (nSPS) is 24.1. The van der Waals surface area contributed by atoms with E-state index in [0.29, 0.717) is 6.42 Å². The summed E-state index contributed by atoms with van der Waals surface area (Å²) >= 11 is 12.9. The van der Waals surface area contributed by atoms with Gasteiger partial charge in [0.05, 0.1) is 6.04 Å². The minimum atomic E-state index is -1.11. The Balaban J connectivity index is 1.91. The lowest BCUT2D eigenvalue weighted by Crippen LogP contribution is -2.59. The number of hydrogen-bond acceptors (Lipinski definition) is 6. The lowest BCUT2D eigenvalue weighted by Gasteiger charge is -2.47. The summed E-state index contributed by atoms with van der Waals surface area (Å²) in [5.41, 5.74) is 3.37. The number of hydrogen-bond donors (Lipinski definition) is 3. The zero-order chi connectivity index (χ0) is 30.9. The van der Waals surface area contributed by atoms with Crippen LogP contribution >= 0.6 is 23.2 Å². The van der Waals surface area contributed by atoms with E-state index in [9.17, 15) is 24.0 Å². The molecule has 1 heterocycles. The molecule has 0 radical (unpaired) electrons. The molecule has 0 aromatic rings. The smallest absolute Gasteiger partial charge is 0.408 e. The maximum absolute atomic E-state index is 14.2. The number of Topliss-reactive ketones (excluding diaryl/α,β-unsaturated/α-hetero) is 1. The summed E-state index contributed by atoms with van der Waals surface area (Å²) in [6.07, 6.45) is 5.20. The molecule has 3 fully saturated rings. The van der Waals surface area contributed by atoms with Crippen molar-refractivity contribution in [1.29, 1.82) is 0 Å². The van der Waals surface area contributed by atoms with Crippen LogP contribution in [0.5, 0.6) is 0 Å².